The second-order valence-electron chi connectivity index (χ2n) is 6.10. The van der Waals surface area contributed by atoms with E-state index in [1.54, 1.807) is 0 Å². The first-order valence-electron chi connectivity index (χ1n) is 6.75. The van der Waals surface area contributed by atoms with E-state index >= 15 is 0 Å². The van der Waals surface area contributed by atoms with Gasteiger partial charge in [0.2, 0.25) is 0 Å². The third-order valence-electron chi connectivity index (χ3n) is 3.53. The Morgan fingerprint density at radius 2 is 1.83 bits per heavy atom. The standard InChI is InChI=1S/C16H22O2/c1-16(2,3)15(17)11-18-14-9-8-12-6-4-5-7-13(12)10-14/h8-10H,4-7,11H2,1-3H3. The highest BCUT2D eigenvalue weighted by Gasteiger charge is 2.21. The molecule has 0 aromatic heterocycles. The van der Waals surface area contributed by atoms with Gasteiger partial charge in [0, 0.05) is 5.41 Å². The molecule has 0 heterocycles. The number of ketones is 1. The molecule has 1 aromatic rings. The molecule has 0 unspecified atom stereocenters. The predicted molar refractivity (Wildman–Crippen MR) is 73.0 cm³/mol. The van der Waals surface area contributed by atoms with Gasteiger partial charge in [-0.15, -0.1) is 0 Å². The van der Waals surface area contributed by atoms with E-state index < -0.39 is 0 Å². The summed E-state index contributed by atoms with van der Waals surface area (Å²) in [4.78, 5) is 11.8. The molecule has 0 fully saturated rings. The van der Waals surface area contributed by atoms with Gasteiger partial charge in [-0.1, -0.05) is 26.8 Å². The van der Waals surface area contributed by atoms with Crippen LogP contribution in [0.1, 0.15) is 44.7 Å². The number of hydrogen-bond donors (Lipinski definition) is 0. The van der Waals surface area contributed by atoms with Crippen molar-refractivity contribution in [2.45, 2.75) is 46.5 Å². The molecule has 0 bridgehead atoms. The van der Waals surface area contributed by atoms with Crippen molar-refractivity contribution < 1.29 is 9.53 Å². The fourth-order valence-electron chi connectivity index (χ4n) is 2.16. The van der Waals surface area contributed by atoms with Gasteiger partial charge in [-0.05, 0) is 48.9 Å². The van der Waals surface area contributed by atoms with Gasteiger partial charge < -0.3 is 4.74 Å². The Balaban J connectivity index is 2.00. The Bertz CT molecular complexity index is 441. The zero-order valence-corrected chi connectivity index (χ0v) is 11.6. The molecule has 0 saturated heterocycles. The average Bonchev–Trinajstić information content (AvgIpc) is 2.34. The number of hydrogen-bond acceptors (Lipinski definition) is 2. The summed E-state index contributed by atoms with van der Waals surface area (Å²) in [7, 11) is 0. The number of rotatable bonds is 3. The van der Waals surface area contributed by atoms with Gasteiger partial charge in [-0.2, -0.15) is 0 Å². The monoisotopic (exact) mass is 246 g/mol. The summed E-state index contributed by atoms with van der Waals surface area (Å²) >= 11 is 0. The number of fused-ring (bicyclic) bond motifs is 1. The summed E-state index contributed by atoms with van der Waals surface area (Å²) in [6.45, 7) is 5.94. The van der Waals surface area contributed by atoms with Crippen LogP contribution in [0, 0.1) is 5.41 Å². The summed E-state index contributed by atoms with van der Waals surface area (Å²) in [5.41, 5.74) is 2.51. The summed E-state index contributed by atoms with van der Waals surface area (Å²) in [6, 6.07) is 6.23. The smallest absolute Gasteiger partial charge is 0.175 e. The van der Waals surface area contributed by atoms with Crippen molar-refractivity contribution in [3.8, 4) is 5.75 Å². The number of ether oxygens (including phenoxy) is 1. The lowest BCUT2D eigenvalue weighted by Gasteiger charge is -2.19. The second-order valence-corrected chi connectivity index (χ2v) is 6.10. The Kier molecular flexibility index (Phi) is 3.74. The van der Waals surface area contributed by atoms with Gasteiger partial charge in [0.25, 0.3) is 0 Å². The Labute approximate surface area is 109 Å². The molecule has 0 radical (unpaired) electrons. The fraction of sp³-hybridized carbons (Fsp3) is 0.562. The van der Waals surface area contributed by atoms with Crippen LogP contribution in [0.5, 0.6) is 5.75 Å². The first-order valence-corrected chi connectivity index (χ1v) is 6.75. The Morgan fingerprint density at radius 1 is 1.17 bits per heavy atom. The van der Waals surface area contributed by atoms with Crippen molar-refractivity contribution in [2.75, 3.05) is 6.61 Å². The molecule has 0 aliphatic heterocycles. The highest BCUT2D eigenvalue weighted by atomic mass is 16.5. The zero-order valence-electron chi connectivity index (χ0n) is 11.6. The highest BCUT2D eigenvalue weighted by Crippen LogP contribution is 2.25. The number of aryl methyl sites for hydroxylation is 2. The van der Waals surface area contributed by atoms with Crippen LogP contribution in [-0.4, -0.2) is 12.4 Å². The average molecular weight is 246 g/mol. The van der Waals surface area contributed by atoms with Crippen LogP contribution < -0.4 is 4.74 Å². The maximum atomic E-state index is 11.8. The van der Waals surface area contributed by atoms with Crippen LogP contribution in [0.4, 0.5) is 0 Å². The minimum atomic E-state index is -0.325. The molecule has 0 saturated carbocycles. The van der Waals surface area contributed by atoms with Crippen molar-refractivity contribution in [1.82, 2.24) is 0 Å². The van der Waals surface area contributed by atoms with Crippen LogP contribution in [-0.2, 0) is 17.6 Å². The van der Waals surface area contributed by atoms with Crippen molar-refractivity contribution in [2.24, 2.45) is 5.41 Å². The number of benzene rings is 1. The molecule has 1 aromatic carbocycles. The van der Waals surface area contributed by atoms with E-state index in [-0.39, 0.29) is 17.8 Å². The molecule has 2 heteroatoms. The van der Waals surface area contributed by atoms with Crippen molar-refractivity contribution in [3.05, 3.63) is 29.3 Å². The number of carbonyl (C=O) groups excluding carboxylic acids is 1. The molecular formula is C16H22O2. The third kappa shape index (κ3) is 3.12. The lowest BCUT2D eigenvalue weighted by molar-refractivity contribution is -0.128. The second kappa shape index (κ2) is 5.13. The molecule has 98 valence electrons. The van der Waals surface area contributed by atoms with Crippen molar-refractivity contribution in [3.63, 3.8) is 0 Å². The van der Waals surface area contributed by atoms with E-state index in [0.29, 0.717) is 0 Å². The van der Waals surface area contributed by atoms with E-state index in [0.717, 1.165) is 12.2 Å². The van der Waals surface area contributed by atoms with E-state index in [1.165, 1.54) is 30.4 Å². The first-order chi connectivity index (χ1) is 8.47. The summed E-state index contributed by atoms with van der Waals surface area (Å²) in [5, 5.41) is 0. The molecule has 2 rings (SSSR count). The molecule has 18 heavy (non-hydrogen) atoms. The van der Waals surface area contributed by atoms with E-state index in [2.05, 4.69) is 12.1 Å². The summed E-state index contributed by atoms with van der Waals surface area (Å²) in [6.07, 6.45) is 4.86. The number of Topliss-reactive ketones (excluding diaryl/α,β-unsaturated/α-hetero) is 1. The zero-order chi connectivity index (χ0) is 13.2. The van der Waals surface area contributed by atoms with Crippen LogP contribution in [0.25, 0.3) is 0 Å². The van der Waals surface area contributed by atoms with Gasteiger partial charge in [0.1, 0.15) is 12.4 Å². The third-order valence-corrected chi connectivity index (χ3v) is 3.53. The van der Waals surface area contributed by atoms with Gasteiger partial charge in [-0.3, -0.25) is 4.79 Å². The fourth-order valence-corrected chi connectivity index (χ4v) is 2.16. The molecule has 0 N–H and O–H groups in total. The SMILES string of the molecule is CC(C)(C)C(=O)COc1ccc2c(c1)CCCC2. The van der Waals surface area contributed by atoms with Crippen LogP contribution in [0.2, 0.25) is 0 Å². The molecule has 1 aliphatic carbocycles. The van der Waals surface area contributed by atoms with Gasteiger partial charge in [-0.25, -0.2) is 0 Å². The maximum absolute atomic E-state index is 11.8. The Hall–Kier alpha value is -1.31. The molecule has 2 nitrogen and oxygen atoms in total. The van der Waals surface area contributed by atoms with Gasteiger partial charge in [0.15, 0.2) is 5.78 Å². The van der Waals surface area contributed by atoms with E-state index in [9.17, 15) is 4.79 Å². The lowest BCUT2D eigenvalue weighted by Crippen LogP contribution is -2.26. The first kappa shape index (κ1) is 13.1. The molecule has 0 amide bonds. The largest absolute Gasteiger partial charge is 0.486 e. The van der Waals surface area contributed by atoms with Crippen LogP contribution in [0.3, 0.4) is 0 Å². The Morgan fingerprint density at radius 3 is 2.50 bits per heavy atom. The van der Waals surface area contributed by atoms with Gasteiger partial charge in [0.05, 0.1) is 0 Å². The molecule has 0 spiro atoms. The maximum Gasteiger partial charge on any atom is 0.175 e. The minimum absolute atomic E-state index is 0.139. The quantitative estimate of drug-likeness (QED) is 0.815. The predicted octanol–water partition coefficient (Wildman–Crippen LogP) is 3.56. The molecule has 1 aliphatic rings. The van der Waals surface area contributed by atoms with Gasteiger partial charge >= 0.3 is 0 Å². The molecule has 0 atom stereocenters. The lowest BCUT2D eigenvalue weighted by atomic mass is 9.91. The number of carbonyl (C=O) groups is 1. The van der Waals surface area contributed by atoms with Crippen molar-refractivity contribution >= 4 is 5.78 Å². The topological polar surface area (TPSA) is 26.3 Å². The van der Waals surface area contributed by atoms with Crippen molar-refractivity contribution in [1.29, 1.82) is 0 Å². The highest BCUT2D eigenvalue weighted by molar-refractivity contribution is 5.85. The molecular weight excluding hydrogens is 224 g/mol. The minimum Gasteiger partial charge on any atom is -0.486 e. The van der Waals surface area contributed by atoms with Crippen LogP contribution >= 0.6 is 0 Å². The van der Waals surface area contributed by atoms with Crippen LogP contribution in [0.15, 0.2) is 18.2 Å². The van der Waals surface area contributed by atoms with E-state index in [1.807, 2.05) is 26.8 Å². The normalized spacial score (nSPS) is 15.1. The van der Waals surface area contributed by atoms with E-state index in [4.69, 9.17) is 4.74 Å². The summed E-state index contributed by atoms with van der Waals surface area (Å²) in [5.74, 6) is 0.966. The summed E-state index contributed by atoms with van der Waals surface area (Å²) < 4.78 is 5.61.